The van der Waals surface area contributed by atoms with Gasteiger partial charge in [-0.3, -0.25) is 9.69 Å². The smallest absolute Gasteiger partial charge is 0.238 e. The molecule has 0 aromatic carbocycles. The molecule has 96 valence electrons. The van der Waals surface area contributed by atoms with Crippen LogP contribution in [0.15, 0.2) is 0 Å². The molecule has 1 unspecified atom stereocenters. The van der Waals surface area contributed by atoms with Gasteiger partial charge in [0.05, 0.1) is 6.61 Å². The van der Waals surface area contributed by atoms with E-state index in [9.17, 15) is 4.79 Å². The lowest BCUT2D eigenvalue weighted by Gasteiger charge is -2.35. The predicted molar refractivity (Wildman–Crippen MR) is 65.2 cm³/mol. The van der Waals surface area contributed by atoms with E-state index in [4.69, 9.17) is 10.5 Å². The van der Waals surface area contributed by atoms with Crippen LogP contribution in [0.1, 0.15) is 20.8 Å². The van der Waals surface area contributed by atoms with Crippen molar-refractivity contribution >= 4 is 5.91 Å². The van der Waals surface area contributed by atoms with E-state index >= 15 is 0 Å². The molecular weight excluding hydrogens is 206 g/mol. The van der Waals surface area contributed by atoms with Gasteiger partial charge >= 0.3 is 0 Å². The summed E-state index contributed by atoms with van der Waals surface area (Å²) in [5.41, 5.74) is 4.70. The van der Waals surface area contributed by atoms with Gasteiger partial charge in [0.25, 0.3) is 0 Å². The van der Waals surface area contributed by atoms with Gasteiger partial charge in [-0.2, -0.15) is 0 Å². The van der Waals surface area contributed by atoms with Crippen molar-refractivity contribution in [3.05, 3.63) is 0 Å². The summed E-state index contributed by atoms with van der Waals surface area (Å²) in [6.45, 7) is 8.02. The Morgan fingerprint density at radius 2 is 2.12 bits per heavy atom. The van der Waals surface area contributed by atoms with Crippen molar-refractivity contribution in [3.63, 3.8) is 0 Å². The van der Waals surface area contributed by atoms with Crippen LogP contribution in [0, 0.1) is 0 Å². The van der Waals surface area contributed by atoms with Crippen LogP contribution in [0.3, 0.4) is 0 Å². The van der Waals surface area contributed by atoms with Crippen LogP contribution in [-0.4, -0.2) is 56.2 Å². The van der Waals surface area contributed by atoms with Gasteiger partial charge in [-0.05, 0) is 27.8 Å². The van der Waals surface area contributed by atoms with Crippen LogP contribution < -0.4 is 11.1 Å². The average Bonchev–Trinajstić information content (AvgIpc) is 2.23. The minimum atomic E-state index is -0.696. The van der Waals surface area contributed by atoms with E-state index in [0.717, 1.165) is 6.54 Å². The first-order chi connectivity index (χ1) is 7.37. The zero-order chi connectivity index (χ0) is 12.8. The van der Waals surface area contributed by atoms with Crippen LogP contribution in [0.2, 0.25) is 0 Å². The molecule has 1 amide bonds. The van der Waals surface area contributed by atoms with Crippen molar-refractivity contribution in [3.8, 4) is 0 Å². The highest BCUT2D eigenvalue weighted by Crippen LogP contribution is 2.08. The number of nitrogens with zero attached hydrogens (tertiary/aromatic N) is 1. The summed E-state index contributed by atoms with van der Waals surface area (Å²) < 4.78 is 5.05. The first-order valence-corrected chi connectivity index (χ1v) is 5.59. The predicted octanol–water partition coefficient (Wildman–Crippen LogP) is -0.193. The van der Waals surface area contributed by atoms with Crippen molar-refractivity contribution in [2.75, 3.05) is 33.9 Å². The van der Waals surface area contributed by atoms with E-state index in [0.29, 0.717) is 19.2 Å². The molecule has 0 spiro atoms. The van der Waals surface area contributed by atoms with Gasteiger partial charge < -0.3 is 15.8 Å². The van der Waals surface area contributed by atoms with Crippen molar-refractivity contribution in [2.45, 2.75) is 32.4 Å². The number of primary amides is 1. The van der Waals surface area contributed by atoms with E-state index in [1.54, 1.807) is 14.2 Å². The Hall–Kier alpha value is -0.650. The summed E-state index contributed by atoms with van der Waals surface area (Å²) in [6.07, 6.45) is 0. The van der Waals surface area contributed by atoms with E-state index in [1.807, 2.05) is 6.92 Å². The first kappa shape index (κ1) is 15.3. The number of methoxy groups -OCH3 is 1. The number of likely N-dealkylation sites (N-methyl/N-ethyl adjacent to an activating group) is 1. The number of hydrogen-bond donors (Lipinski definition) is 2. The fourth-order valence-corrected chi connectivity index (χ4v) is 1.41. The molecule has 5 nitrogen and oxygen atoms in total. The monoisotopic (exact) mass is 231 g/mol. The van der Waals surface area contributed by atoms with Crippen LogP contribution in [-0.2, 0) is 9.53 Å². The molecule has 0 saturated carbocycles. The summed E-state index contributed by atoms with van der Waals surface area (Å²) in [6, 6.07) is 0.349. The zero-order valence-electron chi connectivity index (χ0n) is 11.0. The fraction of sp³-hybridized carbons (Fsp3) is 0.909. The summed E-state index contributed by atoms with van der Waals surface area (Å²) in [7, 11) is 3.42. The van der Waals surface area contributed by atoms with Gasteiger partial charge in [-0.15, -0.1) is 0 Å². The molecule has 5 heteroatoms. The second-order valence-electron chi connectivity index (χ2n) is 4.50. The minimum Gasteiger partial charge on any atom is -0.383 e. The van der Waals surface area contributed by atoms with E-state index in [2.05, 4.69) is 24.1 Å². The quantitative estimate of drug-likeness (QED) is 0.607. The second-order valence-corrected chi connectivity index (χ2v) is 4.50. The summed E-state index contributed by atoms with van der Waals surface area (Å²) in [4.78, 5) is 13.6. The summed E-state index contributed by atoms with van der Waals surface area (Å²) in [5, 5.41) is 2.98. The van der Waals surface area contributed by atoms with Gasteiger partial charge in [-0.25, -0.2) is 0 Å². The molecule has 0 radical (unpaired) electrons. The number of nitrogens with one attached hydrogen (secondary N) is 1. The molecule has 0 aromatic heterocycles. The Balaban J connectivity index is 4.52. The third-order valence-electron chi connectivity index (χ3n) is 2.93. The summed E-state index contributed by atoms with van der Waals surface area (Å²) in [5.74, 6) is -0.335. The first-order valence-electron chi connectivity index (χ1n) is 5.59. The molecule has 0 fully saturated rings. The van der Waals surface area contributed by atoms with Gasteiger partial charge in [0.2, 0.25) is 5.91 Å². The topological polar surface area (TPSA) is 67.6 Å². The molecule has 0 aliphatic carbocycles. The van der Waals surface area contributed by atoms with Crippen molar-refractivity contribution in [1.82, 2.24) is 10.2 Å². The van der Waals surface area contributed by atoms with Crippen LogP contribution in [0.4, 0.5) is 0 Å². The van der Waals surface area contributed by atoms with Crippen LogP contribution in [0.25, 0.3) is 0 Å². The average molecular weight is 231 g/mol. The van der Waals surface area contributed by atoms with E-state index in [1.165, 1.54) is 0 Å². The third kappa shape index (κ3) is 4.47. The Morgan fingerprint density at radius 1 is 1.56 bits per heavy atom. The Morgan fingerprint density at radius 3 is 2.44 bits per heavy atom. The number of carbonyl (C=O) groups excluding carboxylic acids is 1. The maximum absolute atomic E-state index is 11.4. The Labute approximate surface area is 98.3 Å². The molecule has 0 aliphatic heterocycles. The Bertz CT molecular complexity index is 221. The standard InChI is InChI=1S/C11H25N3O2/c1-9(2)14(6-7-16-5)8-11(3,13-4)10(12)15/h9,13H,6-8H2,1-5H3,(H2,12,15). The molecular formula is C11H25N3O2. The molecule has 0 saturated heterocycles. The Kier molecular flexibility index (Phi) is 6.55. The van der Waals surface area contributed by atoms with Gasteiger partial charge in [0.15, 0.2) is 0 Å². The highest BCUT2D eigenvalue weighted by molar-refractivity contribution is 5.84. The normalized spacial score (nSPS) is 15.4. The van der Waals surface area contributed by atoms with Gasteiger partial charge in [0.1, 0.15) is 5.54 Å². The van der Waals surface area contributed by atoms with Crippen LogP contribution in [0.5, 0.6) is 0 Å². The highest BCUT2D eigenvalue weighted by Gasteiger charge is 2.32. The number of hydrogen-bond acceptors (Lipinski definition) is 4. The van der Waals surface area contributed by atoms with E-state index < -0.39 is 5.54 Å². The van der Waals surface area contributed by atoms with E-state index in [-0.39, 0.29) is 5.91 Å². The molecule has 1 atom stereocenters. The number of amides is 1. The molecule has 3 N–H and O–H groups in total. The van der Waals surface area contributed by atoms with Gasteiger partial charge in [-0.1, -0.05) is 0 Å². The lowest BCUT2D eigenvalue weighted by Crippen LogP contribution is -2.59. The zero-order valence-corrected chi connectivity index (χ0v) is 11.0. The largest absolute Gasteiger partial charge is 0.383 e. The number of ether oxygens (including phenoxy) is 1. The molecule has 0 aromatic rings. The lowest BCUT2D eigenvalue weighted by molar-refractivity contribution is -0.124. The molecule has 0 rings (SSSR count). The molecule has 0 bridgehead atoms. The van der Waals surface area contributed by atoms with Crippen molar-refractivity contribution in [2.24, 2.45) is 5.73 Å². The van der Waals surface area contributed by atoms with Crippen LogP contribution >= 0.6 is 0 Å². The molecule has 0 aliphatic rings. The summed E-state index contributed by atoms with van der Waals surface area (Å²) >= 11 is 0. The lowest BCUT2D eigenvalue weighted by atomic mass is 10.0. The maximum Gasteiger partial charge on any atom is 0.238 e. The molecule has 0 heterocycles. The molecule has 16 heavy (non-hydrogen) atoms. The number of rotatable bonds is 8. The van der Waals surface area contributed by atoms with Gasteiger partial charge in [0, 0.05) is 26.2 Å². The minimum absolute atomic E-state index is 0.335. The number of nitrogens with two attached hydrogens (primary N) is 1. The highest BCUT2D eigenvalue weighted by atomic mass is 16.5. The SMILES string of the molecule is CNC(C)(CN(CCOC)C(C)C)C(N)=O. The second kappa shape index (κ2) is 6.83. The third-order valence-corrected chi connectivity index (χ3v) is 2.93. The number of carbonyl (C=O) groups is 1. The van der Waals surface area contributed by atoms with Crippen molar-refractivity contribution in [1.29, 1.82) is 0 Å². The fourth-order valence-electron chi connectivity index (χ4n) is 1.41. The van der Waals surface area contributed by atoms with Crippen molar-refractivity contribution < 1.29 is 9.53 Å². The maximum atomic E-state index is 11.4.